The molecule has 0 spiro atoms. The zero-order valence-corrected chi connectivity index (χ0v) is 9.33. The van der Waals surface area contributed by atoms with Crippen LogP contribution >= 0.6 is 0 Å². The second-order valence-corrected chi connectivity index (χ2v) is 3.51. The average molecular weight is 240 g/mol. The Morgan fingerprint density at radius 3 is 2.35 bits per heavy atom. The number of hydrogen-bond donors (Lipinski definition) is 4. The lowest BCUT2D eigenvalue weighted by Gasteiger charge is -2.21. The van der Waals surface area contributed by atoms with E-state index < -0.39 is 5.91 Å². The van der Waals surface area contributed by atoms with Crippen LogP contribution < -0.4 is 5.73 Å². The Bertz CT molecular complexity index is 389. The number of hydrogen-bond acceptors (Lipinski definition) is 5. The molecule has 0 bridgehead atoms. The predicted octanol–water partition coefficient (Wildman–Crippen LogP) is -0.599. The number of aliphatic hydroxyl groups is 2. The third kappa shape index (κ3) is 3.33. The number of phenols is 1. The molecule has 1 amide bonds. The van der Waals surface area contributed by atoms with E-state index in [0.717, 1.165) is 0 Å². The van der Waals surface area contributed by atoms with Gasteiger partial charge in [0.25, 0.3) is 5.91 Å². The van der Waals surface area contributed by atoms with Gasteiger partial charge in [-0.05, 0) is 18.2 Å². The number of carbonyl (C=O) groups excluding carboxylic acids is 1. The highest BCUT2D eigenvalue weighted by Crippen LogP contribution is 2.20. The Labute approximate surface area is 98.9 Å². The van der Waals surface area contributed by atoms with Crippen LogP contribution in [0.3, 0.4) is 0 Å². The molecule has 94 valence electrons. The fraction of sp³-hybridized carbons (Fsp3) is 0.364. The third-order valence-electron chi connectivity index (χ3n) is 2.29. The van der Waals surface area contributed by atoms with E-state index in [2.05, 4.69) is 0 Å². The van der Waals surface area contributed by atoms with Crippen molar-refractivity contribution < 1.29 is 20.1 Å². The third-order valence-corrected chi connectivity index (χ3v) is 2.29. The highest BCUT2D eigenvalue weighted by Gasteiger charge is 2.17. The molecular weight excluding hydrogens is 224 g/mol. The molecule has 0 unspecified atom stereocenters. The summed E-state index contributed by atoms with van der Waals surface area (Å²) < 4.78 is 0. The van der Waals surface area contributed by atoms with E-state index in [1.54, 1.807) is 0 Å². The standard InChI is InChI=1S/C11H16N2O4/c12-10-2-1-8(16)7-9(10)11(17)13(3-5-14)4-6-15/h1-2,7,14-16H,3-6,12H2. The largest absolute Gasteiger partial charge is 0.508 e. The van der Waals surface area contributed by atoms with Crippen LogP contribution in [0.1, 0.15) is 10.4 Å². The molecule has 0 atom stereocenters. The lowest BCUT2D eigenvalue weighted by molar-refractivity contribution is 0.0685. The van der Waals surface area contributed by atoms with Crippen LogP contribution in [0.5, 0.6) is 5.75 Å². The smallest absolute Gasteiger partial charge is 0.256 e. The van der Waals surface area contributed by atoms with Gasteiger partial charge in [0.2, 0.25) is 0 Å². The second-order valence-electron chi connectivity index (χ2n) is 3.51. The molecule has 0 aliphatic carbocycles. The molecule has 0 saturated heterocycles. The van der Waals surface area contributed by atoms with Gasteiger partial charge < -0.3 is 26.0 Å². The number of aromatic hydroxyl groups is 1. The van der Waals surface area contributed by atoms with Gasteiger partial charge in [0.1, 0.15) is 5.75 Å². The lowest BCUT2D eigenvalue weighted by Crippen LogP contribution is -2.36. The fourth-order valence-electron chi connectivity index (χ4n) is 1.46. The summed E-state index contributed by atoms with van der Waals surface area (Å²) in [6.07, 6.45) is 0. The molecule has 0 fully saturated rings. The lowest BCUT2D eigenvalue weighted by atomic mass is 10.1. The van der Waals surface area contributed by atoms with Crippen molar-refractivity contribution in [2.45, 2.75) is 0 Å². The first-order chi connectivity index (χ1) is 8.10. The van der Waals surface area contributed by atoms with Gasteiger partial charge in [-0.2, -0.15) is 0 Å². The van der Waals surface area contributed by atoms with Gasteiger partial charge in [-0.25, -0.2) is 0 Å². The molecule has 0 heterocycles. The van der Waals surface area contributed by atoms with E-state index in [1.165, 1.54) is 23.1 Å². The minimum Gasteiger partial charge on any atom is -0.508 e. The van der Waals surface area contributed by atoms with E-state index in [9.17, 15) is 9.90 Å². The maximum atomic E-state index is 12.0. The summed E-state index contributed by atoms with van der Waals surface area (Å²) in [6.45, 7) is -0.197. The van der Waals surface area contributed by atoms with Gasteiger partial charge in [-0.3, -0.25) is 4.79 Å². The second kappa shape index (κ2) is 6.07. The van der Waals surface area contributed by atoms with Gasteiger partial charge >= 0.3 is 0 Å². The average Bonchev–Trinajstić information content (AvgIpc) is 2.31. The van der Waals surface area contributed by atoms with Crippen LogP contribution in [0.2, 0.25) is 0 Å². The van der Waals surface area contributed by atoms with Crippen molar-refractivity contribution in [3.8, 4) is 5.75 Å². The number of nitrogen functional groups attached to an aromatic ring is 1. The van der Waals surface area contributed by atoms with Crippen molar-refractivity contribution in [3.63, 3.8) is 0 Å². The monoisotopic (exact) mass is 240 g/mol. The zero-order valence-electron chi connectivity index (χ0n) is 9.33. The molecule has 6 nitrogen and oxygen atoms in total. The maximum Gasteiger partial charge on any atom is 0.256 e. The summed E-state index contributed by atoms with van der Waals surface area (Å²) >= 11 is 0. The van der Waals surface area contributed by atoms with Gasteiger partial charge in [-0.1, -0.05) is 0 Å². The summed E-state index contributed by atoms with van der Waals surface area (Å²) in [7, 11) is 0. The number of amides is 1. The molecule has 0 aromatic heterocycles. The molecule has 1 rings (SSSR count). The maximum absolute atomic E-state index is 12.0. The van der Waals surface area contributed by atoms with Crippen molar-refractivity contribution in [1.82, 2.24) is 4.90 Å². The molecule has 0 saturated carbocycles. The van der Waals surface area contributed by atoms with E-state index in [1.807, 2.05) is 0 Å². The normalized spacial score (nSPS) is 10.2. The first-order valence-electron chi connectivity index (χ1n) is 5.19. The van der Waals surface area contributed by atoms with E-state index in [-0.39, 0.29) is 43.3 Å². The summed E-state index contributed by atoms with van der Waals surface area (Å²) in [5.41, 5.74) is 6.04. The summed E-state index contributed by atoms with van der Waals surface area (Å²) in [6, 6.07) is 4.08. The van der Waals surface area contributed by atoms with Crippen LogP contribution in [0, 0.1) is 0 Å². The van der Waals surface area contributed by atoms with Crippen molar-refractivity contribution >= 4 is 11.6 Å². The Morgan fingerprint density at radius 2 is 1.82 bits per heavy atom. The number of carbonyl (C=O) groups is 1. The number of phenolic OH excluding ortho intramolecular Hbond substituents is 1. The van der Waals surface area contributed by atoms with Crippen LogP contribution in [0.15, 0.2) is 18.2 Å². The van der Waals surface area contributed by atoms with E-state index in [0.29, 0.717) is 0 Å². The molecule has 6 heteroatoms. The van der Waals surface area contributed by atoms with E-state index in [4.69, 9.17) is 15.9 Å². The predicted molar refractivity (Wildman–Crippen MR) is 62.6 cm³/mol. The Morgan fingerprint density at radius 1 is 1.24 bits per heavy atom. The molecule has 1 aromatic rings. The molecular formula is C11H16N2O4. The van der Waals surface area contributed by atoms with Crippen molar-refractivity contribution in [2.75, 3.05) is 32.0 Å². The summed E-state index contributed by atoms with van der Waals surface area (Å²) in [4.78, 5) is 13.3. The Hall–Kier alpha value is -1.79. The number of rotatable bonds is 5. The van der Waals surface area contributed by atoms with Crippen molar-refractivity contribution in [1.29, 1.82) is 0 Å². The summed E-state index contributed by atoms with van der Waals surface area (Å²) in [5, 5.41) is 27.0. The number of anilines is 1. The van der Waals surface area contributed by atoms with Crippen LogP contribution in [0.25, 0.3) is 0 Å². The number of nitrogens with zero attached hydrogens (tertiary/aromatic N) is 1. The molecule has 17 heavy (non-hydrogen) atoms. The molecule has 5 N–H and O–H groups in total. The Kier molecular flexibility index (Phi) is 4.74. The first kappa shape index (κ1) is 13.3. The molecule has 0 radical (unpaired) electrons. The first-order valence-corrected chi connectivity index (χ1v) is 5.19. The van der Waals surface area contributed by atoms with Crippen molar-refractivity contribution in [3.05, 3.63) is 23.8 Å². The highest BCUT2D eigenvalue weighted by molar-refractivity contribution is 5.99. The molecule has 1 aromatic carbocycles. The van der Waals surface area contributed by atoms with Crippen LogP contribution in [-0.4, -0.2) is 52.4 Å². The molecule has 0 aliphatic heterocycles. The van der Waals surface area contributed by atoms with Crippen LogP contribution in [0.4, 0.5) is 5.69 Å². The Balaban J connectivity index is 2.95. The topological polar surface area (TPSA) is 107 Å². The highest BCUT2D eigenvalue weighted by atomic mass is 16.3. The quantitative estimate of drug-likeness (QED) is 0.406. The fourth-order valence-corrected chi connectivity index (χ4v) is 1.46. The van der Waals surface area contributed by atoms with Gasteiger partial charge in [0, 0.05) is 18.8 Å². The minimum absolute atomic E-state index is 0.0597. The number of nitrogens with two attached hydrogens (primary N) is 1. The number of benzene rings is 1. The van der Waals surface area contributed by atoms with Crippen LogP contribution in [-0.2, 0) is 0 Å². The van der Waals surface area contributed by atoms with Gasteiger partial charge in [-0.15, -0.1) is 0 Å². The van der Waals surface area contributed by atoms with E-state index >= 15 is 0 Å². The SMILES string of the molecule is Nc1ccc(O)cc1C(=O)N(CCO)CCO. The zero-order chi connectivity index (χ0) is 12.8. The summed E-state index contributed by atoms with van der Waals surface area (Å²) in [5.74, 6) is -0.489. The minimum atomic E-state index is -0.429. The molecule has 0 aliphatic rings. The van der Waals surface area contributed by atoms with Crippen molar-refractivity contribution in [2.24, 2.45) is 0 Å². The van der Waals surface area contributed by atoms with Gasteiger partial charge in [0.15, 0.2) is 0 Å². The number of aliphatic hydroxyl groups excluding tert-OH is 2. The van der Waals surface area contributed by atoms with Gasteiger partial charge in [0.05, 0.1) is 18.8 Å².